The number of alkyl halides is 2. The highest BCUT2D eigenvalue weighted by molar-refractivity contribution is 5.66. The van der Waals surface area contributed by atoms with Crippen LogP contribution in [-0.2, 0) is 6.61 Å². The molecule has 0 saturated heterocycles. The van der Waals surface area contributed by atoms with Crippen LogP contribution in [-0.4, -0.2) is 14.9 Å². The highest BCUT2D eigenvalue weighted by Gasteiger charge is 2.10. The standard InChI is InChI=1S/C12H12F2N2O/c1-8-2-3-9(7-17)4-11(8)10-5-15-16(6-10)12(13)14/h2-6,12,17H,7H2,1H3. The van der Waals surface area contributed by atoms with E-state index in [1.54, 1.807) is 12.1 Å². The lowest BCUT2D eigenvalue weighted by molar-refractivity contribution is 0.0566. The first-order valence-electron chi connectivity index (χ1n) is 5.15. The predicted molar refractivity (Wildman–Crippen MR) is 59.6 cm³/mol. The van der Waals surface area contributed by atoms with Crippen LogP contribution in [0.25, 0.3) is 11.1 Å². The van der Waals surface area contributed by atoms with Gasteiger partial charge in [0.1, 0.15) is 0 Å². The summed E-state index contributed by atoms with van der Waals surface area (Å²) in [6, 6.07) is 5.43. The number of aliphatic hydroxyl groups is 1. The number of nitrogens with zero attached hydrogens (tertiary/aromatic N) is 2. The summed E-state index contributed by atoms with van der Waals surface area (Å²) < 4.78 is 25.4. The zero-order chi connectivity index (χ0) is 12.4. The monoisotopic (exact) mass is 238 g/mol. The molecule has 0 unspecified atom stereocenters. The van der Waals surface area contributed by atoms with Crippen LogP contribution in [0.4, 0.5) is 8.78 Å². The lowest BCUT2D eigenvalue weighted by Crippen LogP contribution is -1.96. The van der Waals surface area contributed by atoms with Gasteiger partial charge in [0, 0.05) is 11.8 Å². The average Bonchev–Trinajstić information content (AvgIpc) is 2.79. The van der Waals surface area contributed by atoms with Crippen molar-refractivity contribution in [2.45, 2.75) is 20.1 Å². The van der Waals surface area contributed by atoms with E-state index in [-0.39, 0.29) is 6.61 Å². The van der Waals surface area contributed by atoms with Gasteiger partial charge in [0.25, 0.3) is 0 Å². The molecule has 0 saturated carbocycles. The Morgan fingerprint density at radius 3 is 2.76 bits per heavy atom. The molecule has 1 aromatic carbocycles. The summed E-state index contributed by atoms with van der Waals surface area (Å²) in [5.41, 5.74) is 3.13. The summed E-state index contributed by atoms with van der Waals surface area (Å²) >= 11 is 0. The van der Waals surface area contributed by atoms with Gasteiger partial charge in [-0.2, -0.15) is 13.9 Å². The maximum Gasteiger partial charge on any atom is 0.333 e. The Morgan fingerprint density at radius 2 is 2.18 bits per heavy atom. The SMILES string of the molecule is Cc1ccc(CO)cc1-c1cnn(C(F)F)c1. The van der Waals surface area contributed by atoms with Crippen molar-refractivity contribution in [1.82, 2.24) is 9.78 Å². The molecule has 0 spiro atoms. The third kappa shape index (κ3) is 2.34. The van der Waals surface area contributed by atoms with Gasteiger partial charge in [0.2, 0.25) is 0 Å². The summed E-state index contributed by atoms with van der Waals surface area (Å²) in [6.45, 7) is -0.822. The summed E-state index contributed by atoms with van der Waals surface area (Å²) in [6.07, 6.45) is 2.70. The molecule has 0 aliphatic rings. The molecule has 0 aliphatic carbocycles. The quantitative estimate of drug-likeness (QED) is 0.892. The van der Waals surface area contributed by atoms with Gasteiger partial charge in [0.15, 0.2) is 0 Å². The lowest BCUT2D eigenvalue weighted by Gasteiger charge is -2.05. The van der Waals surface area contributed by atoms with Crippen molar-refractivity contribution in [3.63, 3.8) is 0 Å². The van der Waals surface area contributed by atoms with Crippen molar-refractivity contribution in [3.05, 3.63) is 41.7 Å². The van der Waals surface area contributed by atoms with Crippen LogP contribution in [0.3, 0.4) is 0 Å². The van der Waals surface area contributed by atoms with Gasteiger partial charge in [0.05, 0.1) is 12.8 Å². The van der Waals surface area contributed by atoms with E-state index in [2.05, 4.69) is 5.10 Å². The minimum atomic E-state index is -2.63. The van der Waals surface area contributed by atoms with Gasteiger partial charge >= 0.3 is 6.55 Å². The summed E-state index contributed by atoms with van der Waals surface area (Å²) in [4.78, 5) is 0. The predicted octanol–water partition coefficient (Wildman–Crippen LogP) is 2.75. The Morgan fingerprint density at radius 1 is 1.41 bits per heavy atom. The lowest BCUT2D eigenvalue weighted by atomic mass is 10.0. The van der Waals surface area contributed by atoms with Crippen LogP contribution in [0.5, 0.6) is 0 Å². The first-order valence-corrected chi connectivity index (χ1v) is 5.15. The first-order chi connectivity index (χ1) is 8.11. The molecule has 3 nitrogen and oxygen atoms in total. The number of aromatic nitrogens is 2. The van der Waals surface area contributed by atoms with Crippen LogP contribution >= 0.6 is 0 Å². The Hall–Kier alpha value is -1.75. The van der Waals surface area contributed by atoms with Crippen molar-refractivity contribution in [2.75, 3.05) is 0 Å². The fraction of sp³-hybridized carbons (Fsp3) is 0.250. The Labute approximate surface area is 97.3 Å². The maximum absolute atomic E-state index is 12.4. The number of rotatable bonds is 3. The van der Waals surface area contributed by atoms with Crippen molar-refractivity contribution in [2.24, 2.45) is 0 Å². The largest absolute Gasteiger partial charge is 0.392 e. The number of benzene rings is 1. The van der Waals surface area contributed by atoms with E-state index in [0.29, 0.717) is 10.2 Å². The van der Waals surface area contributed by atoms with Crippen LogP contribution in [0.15, 0.2) is 30.6 Å². The Balaban J connectivity index is 2.44. The number of aliphatic hydroxyl groups excluding tert-OH is 1. The van der Waals surface area contributed by atoms with E-state index in [1.807, 2.05) is 13.0 Å². The molecule has 2 aromatic rings. The van der Waals surface area contributed by atoms with E-state index in [9.17, 15) is 8.78 Å². The van der Waals surface area contributed by atoms with Gasteiger partial charge in [-0.3, -0.25) is 0 Å². The molecule has 1 N–H and O–H groups in total. The summed E-state index contributed by atoms with van der Waals surface area (Å²) in [5, 5.41) is 12.6. The molecule has 0 bridgehead atoms. The highest BCUT2D eigenvalue weighted by Crippen LogP contribution is 2.25. The molecule has 0 amide bonds. The average molecular weight is 238 g/mol. The highest BCUT2D eigenvalue weighted by atomic mass is 19.3. The van der Waals surface area contributed by atoms with E-state index < -0.39 is 6.55 Å². The fourth-order valence-electron chi connectivity index (χ4n) is 1.66. The van der Waals surface area contributed by atoms with Crippen LogP contribution in [0.1, 0.15) is 17.7 Å². The zero-order valence-corrected chi connectivity index (χ0v) is 9.27. The Kier molecular flexibility index (Phi) is 3.19. The van der Waals surface area contributed by atoms with Gasteiger partial charge in [-0.15, -0.1) is 0 Å². The number of aryl methyl sites for hydroxylation is 1. The Bertz CT molecular complexity index is 523. The molecule has 2 rings (SSSR count). The number of hydrogen-bond donors (Lipinski definition) is 1. The second-order valence-corrected chi connectivity index (χ2v) is 3.79. The molecule has 0 aliphatic heterocycles. The summed E-state index contributed by atoms with van der Waals surface area (Å²) in [7, 11) is 0. The first kappa shape index (κ1) is 11.7. The van der Waals surface area contributed by atoms with E-state index in [1.165, 1.54) is 12.4 Å². The molecule has 0 fully saturated rings. The summed E-state index contributed by atoms with van der Waals surface area (Å²) in [5.74, 6) is 0. The van der Waals surface area contributed by atoms with Crippen LogP contribution in [0, 0.1) is 6.92 Å². The molecular weight excluding hydrogens is 226 g/mol. The van der Waals surface area contributed by atoms with Crippen molar-refractivity contribution in [1.29, 1.82) is 0 Å². The zero-order valence-electron chi connectivity index (χ0n) is 9.27. The van der Waals surface area contributed by atoms with E-state index in [0.717, 1.165) is 16.7 Å². The topological polar surface area (TPSA) is 38.1 Å². The number of hydrogen-bond acceptors (Lipinski definition) is 2. The minimum Gasteiger partial charge on any atom is -0.392 e. The second kappa shape index (κ2) is 4.63. The molecular formula is C12H12F2N2O. The van der Waals surface area contributed by atoms with Crippen LogP contribution < -0.4 is 0 Å². The van der Waals surface area contributed by atoms with E-state index >= 15 is 0 Å². The van der Waals surface area contributed by atoms with Crippen molar-refractivity contribution >= 4 is 0 Å². The third-order valence-corrected chi connectivity index (χ3v) is 2.60. The van der Waals surface area contributed by atoms with Gasteiger partial charge in [-0.05, 0) is 29.7 Å². The van der Waals surface area contributed by atoms with Crippen molar-refractivity contribution < 1.29 is 13.9 Å². The normalized spacial score (nSPS) is 11.1. The molecule has 17 heavy (non-hydrogen) atoms. The molecule has 90 valence electrons. The van der Waals surface area contributed by atoms with Gasteiger partial charge in [-0.1, -0.05) is 12.1 Å². The van der Waals surface area contributed by atoms with Gasteiger partial charge < -0.3 is 5.11 Å². The van der Waals surface area contributed by atoms with E-state index in [4.69, 9.17) is 5.11 Å². The third-order valence-electron chi connectivity index (χ3n) is 2.60. The molecule has 0 atom stereocenters. The number of halogens is 2. The van der Waals surface area contributed by atoms with Gasteiger partial charge in [-0.25, -0.2) is 4.68 Å². The van der Waals surface area contributed by atoms with Crippen LogP contribution in [0.2, 0.25) is 0 Å². The molecule has 1 aromatic heterocycles. The fourth-order valence-corrected chi connectivity index (χ4v) is 1.66. The minimum absolute atomic E-state index is 0.0732. The second-order valence-electron chi connectivity index (χ2n) is 3.79. The maximum atomic E-state index is 12.4. The molecule has 0 radical (unpaired) electrons. The molecule has 1 heterocycles. The molecule has 5 heteroatoms. The van der Waals surface area contributed by atoms with Crippen molar-refractivity contribution in [3.8, 4) is 11.1 Å². The smallest absolute Gasteiger partial charge is 0.333 e.